The third kappa shape index (κ3) is 25.1. The number of carbonyl (C=O) groups excluding carboxylic acids is 3. The lowest BCUT2D eigenvalue weighted by Gasteiger charge is -2.28. The van der Waals surface area contributed by atoms with Gasteiger partial charge in [-0.15, -0.1) is 12.3 Å². The maximum atomic E-state index is 13.6. The lowest BCUT2D eigenvalue weighted by Crippen LogP contribution is -2.48. The monoisotopic (exact) mass is 689 g/mol. The largest absolute Gasteiger partial charge is 0.390 e. The van der Waals surface area contributed by atoms with Crippen LogP contribution >= 0.6 is 0 Å². The van der Waals surface area contributed by atoms with E-state index in [1.807, 2.05) is 34.6 Å². The molecule has 0 heterocycles. The highest BCUT2D eigenvalue weighted by Gasteiger charge is 2.29. The molecule has 0 aliphatic carbocycles. The molecule has 5 N–H and O–H groups in total. The first-order chi connectivity index (χ1) is 23.3. The highest BCUT2D eigenvalue weighted by molar-refractivity contribution is 6.05. The number of ketones is 1. The molecule has 280 valence electrons. The molecule has 1 aromatic carbocycles. The molecule has 8 heteroatoms. The predicted octanol–water partition coefficient (Wildman–Crippen LogP) is 9.68. The molecule has 0 saturated carbocycles. The van der Waals surface area contributed by atoms with Crippen molar-refractivity contribution < 1.29 is 29.0 Å². The number of rotatable bonds is 17. The molecule has 0 radical (unpaired) electrons. The molecule has 49 heavy (non-hydrogen) atoms. The van der Waals surface area contributed by atoms with Crippen molar-refractivity contribution in [3.8, 4) is 12.3 Å². The summed E-state index contributed by atoms with van der Waals surface area (Å²) in [6.07, 6.45) is 13.6. The second-order valence-electron chi connectivity index (χ2n) is 11.0. The maximum Gasteiger partial charge on any atom is 0.251 e. The molecule has 0 aromatic heterocycles. The Morgan fingerprint density at radius 2 is 1.45 bits per heavy atom. The Hall–Kier alpha value is -3.54. The van der Waals surface area contributed by atoms with Crippen molar-refractivity contribution in [2.75, 3.05) is 0 Å². The zero-order valence-electron chi connectivity index (χ0n) is 32.5. The van der Waals surface area contributed by atoms with E-state index >= 15 is 0 Å². The molecule has 0 bridgehead atoms. The number of terminal acetylenes is 1. The summed E-state index contributed by atoms with van der Waals surface area (Å²) in [5, 5.41) is 24.1. The van der Waals surface area contributed by atoms with E-state index < -0.39 is 35.9 Å². The van der Waals surface area contributed by atoms with Gasteiger partial charge in [0.25, 0.3) is 5.91 Å². The Morgan fingerprint density at radius 3 is 1.86 bits per heavy atom. The molecule has 2 amide bonds. The van der Waals surface area contributed by atoms with E-state index in [9.17, 15) is 29.0 Å². The first kappa shape index (κ1) is 52.3. The number of primary amides is 1. The van der Waals surface area contributed by atoms with Crippen LogP contribution in [0.15, 0.2) is 54.4 Å². The first-order valence-corrected chi connectivity index (χ1v) is 18.0. The van der Waals surface area contributed by atoms with E-state index in [-0.39, 0.29) is 41.2 Å². The summed E-state index contributed by atoms with van der Waals surface area (Å²) in [6.45, 7) is 25.2. The van der Waals surface area contributed by atoms with Crippen molar-refractivity contribution in [1.29, 1.82) is 0 Å². The zero-order valence-corrected chi connectivity index (χ0v) is 32.5. The molecule has 4 atom stereocenters. The van der Waals surface area contributed by atoms with Crippen LogP contribution in [0.2, 0.25) is 0 Å². The van der Waals surface area contributed by atoms with Crippen molar-refractivity contribution >= 4 is 17.6 Å². The summed E-state index contributed by atoms with van der Waals surface area (Å²) >= 11 is 0. The molecule has 1 rings (SSSR count). The van der Waals surface area contributed by atoms with E-state index in [0.29, 0.717) is 24.8 Å². The highest BCUT2D eigenvalue weighted by atomic mass is 19.1. The number of halogens is 1. The van der Waals surface area contributed by atoms with Crippen molar-refractivity contribution in [2.45, 2.75) is 152 Å². The number of carbonyl (C=O) groups is 3. The van der Waals surface area contributed by atoms with Gasteiger partial charge in [0.15, 0.2) is 5.78 Å². The summed E-state index contributed by atoms with van der Waals surface area (Å²) in [7, 11) is 0. The minimum Gasteiger partial charge on any atom is -0.390 e. The fourth-order valence-electron chi connectivity index (χ4n) is 3.71. The van der Waals surface area contributed by atoms with Crippen LogP contribution in [0.5, 0.6) is 0 Å². The Balaban J connectivity index is -0.000000733. The van der Waals surface area contributed by atoms with Gasteiger partial charge in [-0.3, -0.25) is 14.4 Å². The zero-order chi connectivity index (χ0) is 38.9. The van der Waals surface area contributed by atoms with Crippen LogP contribution in [0.4, 0.5) is 4.39 Å². The summed E-state index contributed by atoms with van der Waals surface area (Å²) < 4.78 is 13.6. The Morgan fingerprint density at radius 1 is 0.959 bits per heavy atom. The second-order valence-corrected chi connectivity index (χ2v) is 11.0. The number of nitrogens with two attached hydrogens (primary N) is 1. The first-order valence-electron chi connectivity index (χ1n) is 18.0. The van der Waals surface area contributed by atoms with Gasteiger partial charge >= 0.3 is 0 Å². The third-order valence-corrected chi connectivity index (χ3v) is 6.94. The smallest absolute Gasteiger partial charge is 0.251 e. The molecular formula is C41H69FN2O5. The minimum absolute atomic E-state index is 0.0195. The number of unbranched alkanes of at least 4 members (excludes halogenated alkanes) is 3. The second kappa shape index (κ2) is 34.3. The van der Waals surface area contributed by atoms with E-state index in [1.54, 1.807) is 6.92 Å². The van der Waals surface area contributed by atoms with Crippen LogP contribution in [-0.2, 0) is 0 Å². The third-order valence-electron chi connectivity index (χ3n) is 6.94. The van der Waals surface area contributed by atoms with E-state index in [1.165, 1.54) is 69.0 Å². The number of Topliss-reactive ketones (excluding diaryl/α,β-unsaturated/α-hetero) is 1. The van der Waals surface area contributed by atoms with Crippen LogP contribution in [0.25, 0.3) is 0 Å². The Labute approximate surface area is 298 Å². The standard InChI is InChI=1S/C29H37FN2O5.2C4H10.2C2H6/c1-6-9-10-12-25(33)27(35)24(14-20(11-7-2)13-19(5)30)32-29(37)23-16-21(26(34)18(4)8-3)15-22(17-23)28(31)36;2*1-3-4-2;2*1-2/h1,7,11,13,15-18,24-25,27,33,35H,2,8-10,12,14H2,3-5H3,(H2,31,36)(H,32,37);2*3-4H2,1-2H3;2*1-2H3/b19-13+,20-11+;;;;. The summed E-state index contributed by atoms with van der Waals surface area (Å²) in [6, 6.07) is 2.90. The highest BCUT2D eigenvalue weighted by Crippen LogP contribution is 2.20. The molecule has 0 aliphatic heterocycles. The van der Waals surface area contributed by atoms with Gasteiger partial charge in [-0.1, -0.05) is 114 Å². The molecule has 0 fully saturated rings. The van der Waals surface area contributed by atoms with Crippen molar-refractivity contribution in [2.24, 2.45) is 11.7 Å². The number of benzene rings is 1. The van der Waals surface area contributed by atoms with E-state index in [0.717, 1.165) is 0 Å². The van der Waals surface area contributed by atoms with Crippen molar-refractivity contribution in [3.63, 3.8) is 0 Å². The molecule has 4 unspecified atom stereocenters. The molecule has 0 aliphatic rings. The number of hydrogen-bond donors (Lipinski definition) is 4. The van der Waals surface area contributed by atoms with Crippen molar-refractivity contribution in [3.05, 3.63) is 71.1 Å². The topological polar surface area (TPSA) is 130 Å². The van der Waals surface area contributed by atoms with Gasteiger partial charge in [0.1, 0.15) is 6.10 Å². The predicted molar refractivity (Wildman–Crippen MR) is 206 cm³/mol. The maximum absolute atomic E-state index is 13.6. The Kier molecular flexibility index (Phi) is 36.6. The summed E-state index contributed by atoms with van der Waals surface area (Å²) in [4.78, 5) is 37.9. The van der Waals surface area contributed by atoms with Crippen molar-refractivity contribution in [1.82, 2.24) is 5.32 Å². The van der Waals surface area contributed by atoms with Gasteiger partial charge in [0.05, 0.1) is 18.0 Å². The Bertz CT molecular complexity index is 1140. The fraction of sp³-hybridized carbons (Fsp3) is 0.585. The van der Waals surface area contributed by atoms with Gasteiger partial charge in [-0.25, -0.2) is 4.39 Å². The molecule has 1 aromatic rings. The van der Waals surface area contributed by atoms with Gasteiger partial charge in [-0.05, 0) is 62.5 Å². The average molecular weight is 689 g/mol. The average Bonchev–Trinajstić information content (AvgIpc) is 3.11. The van der Waals surface area contributed by atoms with Gasteiger partial charge in [0, 0.05) is 29.0 Å². The molecule has 0 saturated heterocycles. The van der Waals surface area contributed by atoms with Crippen LogP contribution < -0.4 is 11.1 Å². The number of amides is 2. The van der Waals surface area contributed by atoms with Crippen LogP contribution in [0.1, 0.15) is 165 Å². The number of aliphatic hydroxyl groups is 2. The van der Waals surface area contributed by atoms with Crippen LogP contribution in [-0.4, -0.2) is 46.1 Å². The lowest BCUT2D eigenvalue weighted by molar-refractivity contribution is -0.00771. The van der Waals surface area contributed by atoms with E-state index in [4.69, 9.17) is 12.2 Å². The lowest BCUT2D eigenvalue weighted by atomic mass is 9.92. The normalized spacial score (nSPS) is 12.9. The van der Waals surface area contributed by atoms with Gasteiger partial charge < -0.3 is 21.3 Å². The number of allylic oxidation sites excluding steroid dienone is 4. The number of aliphatic hydroxyl groups excluding tert-OH is 2. The SMILES string of the molecule is C#CCCCC(O)C(O)C(CC(=C/C=C)/C=C(\C)F)NC(=O)c1cc(C(N)=O)cc(C(=O)C(C)CC)c1.CC.CC.CCCC.CCCC. The fourth-order valence-corrected chi connectivity index (χ4v) is 3.71. The van der Waals surface area contributed by atoms with E-state index in [2.05, 4.69) is 45.5 Å². The summed E-state index contributed by atoms with van der Waals surface area (Å²) in [5.41, 5.74) is 5.95. The molecule has 0 spiro atoms. The van der Waals surface area contributed by atoms with Gasteiger partial charge in [-0.2, -0.15) is 0 Å². The quantitative estimate of drug-likeness (QED) is 0.0560. The molecular weight excluding hydrogens is 619 g/mol. The molecule has 7 nitrogen and oxygen atoms in total. The number of nitrogens with one attached hydrogen (secondary N) is 1. The number of hydrogen-bond acceptors (Lipinski definition) is 5. The summed E-state index contributed by atoms with van der Waals surface area (Å²) in [5.74, 6) is -0.146. The minimum atomic E-state index is -1.43. The van der Waals surface area contributed by atoms with Crippen LogP contribution in [0, 0.1) is 18.3 Å². The van der Waals surface area contributed by atoms with Gasteiger partial charge in [0.2, 0.25) is 5.91 Å². The van der Waals surface area contributed by atoms with Crippen LogP contribution in [0.3, 0.4) is 0 Å².